The smallest absolute Gasteiger partial charge is 0.316 e. The molecule has 4 rings (SSSR count). The molecule has 13 nitrogen and oxygen atoms in total. The van der Waals surface area contributed by atoms with Gasteiger partial charge in [0, 0.05) is 35.4 Å². The molecule has 0 aliphatic carbocycles. The van der Waals surface area contributed by atoms with Crippen molar-refractivity contribution in [2.24, 2.45) is 28.8 Å². The Morgan fingerprint density at radius 1 is 1.05 bits per heavy atom. The molecule has 2 aliphatic rings. The molecule has 2 aromatic rings. The van der Waals surface area contributed by atoms with Crippen molar-refractivity contribution in [3.8, 4) is 0 Å². The van der Waals surface area contributed by atoms with E-state index < -0.39 is 77.3 Å². The van der Waals surface area contributed by atoms with Gasteiger partial charge in [0.2, 0.25) is 0 Å². The lowest BCUT2D eigenvalue weighted by atomic mass is 9.74. The first-order valence-electron chi connectivity index (χ1n) is 20.5. The number of benzene rings is 1. The minimum atomic E-state index is -1.91. The largest absolute Gasteiger partial charge is 0.459 e. The van der Waals surface area contributed by atoms with Crippen LogP contribution in [0.2, 0.25) is 0 Å². The number of hydrogen-bond donors (Lipinski definition) is 3. The monoisotopic (exact) mass is 797 g/mol. The number of aliphatic hydroxyl groups excluding tert-OH is 2. The van der Waals surface area contributed by atoms with Crippen LogP contribution in [0.3, 0.4) is 0 Å². The summed E-state index contributed by atoms with van der Waals surface area (Å²) < 4.78 is 25.7. The lowest BCUT2D eigenvalue weighted by Crippen LogP contribution is -2.60. The van der Waals surface area contributed by atoms with Gasteiger partial charge in [-0.1, -0.05) is 70.1 Å². The molecule has 0 bridgehead atoms. The average Bonchev–Trinajstić information content (AvgIpc) is 3.18. The second-order valence-electron chi connectivity index (χ2n) is 16.8. The van der Waals surface area contributed by atoms with E-state index in [1.807, 2.05) is 89.2 Å². The maximum absolute atomic E-state index is 14.5. The van der Waals surface area contributed by atoms with Crippen LogP contribution >= 0.6 is 0 Å². The van der Waals surface area contributed by atoms with E-state index in [9.17, 15) is 24.9 Å². The summed E-state index contributed by atoms with van der Waals surface area (Å²) in [5.74, 6) is -4.80. The fourth-order valence-corrected chi connectivity index (χ4v) is 8.37. The summed E-state index contributed by atoms with van der Waals surface area (Å²) in [6.45, 7) is 16.1. The van der Waals surface area contributed by atoms with Gasteiger partial charge in [-0.2, -0.15) is 0 Å². The standard InChI is InChI=1S/C44H67N3O10/c1-12-20-54-46-36-26(3)24-43(8,53-21-16-17-31-23-32-18-14-15-19-33(32)45-25-31)40(57-42-38(49)34(47(10)11)22-27(4)55-42)29(6)37(48)30(7)41(51)56-35(13-2)44(9,52)39(50)28(36)5/h14-19,23,25-30,34-35,38-40,42,49-50,52H,12-13,20-22,24H2,1-11H3/b17-16+,46-36+/t26-,27-,28+,29+,30-,34+,35-,38-,39-,40-,42+,43+,44-/m1/s1. The van der Waals surface area contributed by atoms with Crippen LogP contribution < -0.4 is 0 Å². The molecule has 1 aromatic heterocycles. The molecule has 3 N–H and O–H groups in total. The topological polar surface area (TPSA) is 169 Å². The van der Waals surface area contributed by atoms with E-state index in [0.29, 0.717) is 25.2 Å². The normalized spacial score (nSPS) is 37.1. The zero-order chi connectivity index (χ0) is 42.2. The molecule has 0 saturated carbocycles. The van der Waals surface area contributed by atoms with Crippen LogP contribution in [0.25, 0.3) is 17.0 Å². The third kappa shape index (κ3) is 11.1. The molecule has 0 spiro atoms. The number of carbonyl (C=O) groups excluding carboxylic acids is 2. The fourth-order valence-electron chi connectivity index (χ4n) is 8.37. The van der Waals surface area contributed by atoms with Crippen LogP contribution in [0.5, 0.6) is 0 Å². The van der Waals surface area contributed by atoms with Crippen molar-refractivity contribution in [2.75, 3.05) is 27.3 Å². The highest BCUT2D eigenvalue weighted by Gasteiger charge is 2.52. The van der Waals surface area contributed by atoms with E-state index in [1.165, 1.54) is 13.8 Å². The number of aromatic nitrogens is 1. The average molecular weight is 798 g/mol. The maximum atomic E-state index is 14.5. The highest BCUT2D eigenvalue weighted by atomic mass is 16.7. The Kier molecular flexibility index (Phi) is 16.4. The second-order valence-corrected chi connectivity index (χ2v) is 16.8. The number of nitrogens with zero attached hydrogens (tertiary/aromatic N) is 3. The highest BCUT2D eigenvalue weighted by Crippen LogP contribution is 2.39. The Morgan fingerprint density at radius 2 is 1.75 bits per heavy atom. The van der Waals surface area contributed by atoms with Crippen molar-refractivity contribution in [1.82, 2.24) is 9.88 Å². The predicted octanol–water partition coefficient (Wildman–Crippen LogP) is 5.57. The van der Waals surface area contributed by atoms with E-state index in [0.717, 1.165) is 16.5 Å². The quantitative estimate of drug-likeness (QED) is 0.112. The molecule has 318 valence electrons. The Bertz CT molecular complexity index is 1700. The summed E-state index contributed by atoms with van der Waals surface area (Å²) in [7, 11) is 3.77. The van der Waals surface area contributed by atoms with Crippen molar-refractivity contribution in [1.29, 1.82) is 0 Å². The Labute approximate surface area is 338 Å². The van der Waals surface area contributed by atoms with Gasteiger partial charge in [-0.25, -0.2) is 0 Å². The number of ketones is 1. The van der Waals surface area contributed by atoms with Gasteiger partial charge in [-0.3, -0.25) is 14.6 Å². The minimum absolute atomic E-state index is 0.0864. The number of aliphatic hydroxyl groups is 3. The predicted molar refractivity (Wildman–Crippen MR) is 219 cm³/mol. The Hall–Kier alpha value is -3.30. The number of cyclic esters (lactones) is 1. The summed E-state index contributed by atoms with van der Waals surface area (Å²) in [6.07, 6.45) is 1.05. The summed E-state index contributed by atoms with van der Waals surface area (Å²) in [5, 5.41) is 40.8. The van der Waals surface area contributed by atoms with E-state index in [1.54, 1.807) is 27.0 Å². The van der Waals surface area contributed by atoms with Crippen molar-refractivity contribution in [2.45, 2.75) is 142 Å². The number of oxime groups is 1. The number of fused-ring (bicyclic) bond motifs is 1. The molecule has 57 heavy (non-hydrogen) atoms. The van der Waals surface area contributed by atoms with E-state index in [-0.39, 0.29) is 31.6 Å². The summed E-state index contributed by atoms with van der Waals surface area (Å²) in [5.41, 5.74) is -1.02. The molecule has 0 amide bonds. The first-order valence-corrected chi connectivity index (χ1v) is 20.5. The van der Waals surface area contributed by atoms with Crippen molar-refractivity contribution in [3.05, 3.63) is 48.2 Å². The van der Waals surface area contributed by atoms with Gasteiger partial charge in [0.15, 0.2) is 12.1 Å². The number of Topliss-reactive ketones (excluding diaryl/α,β-unsaturated/α-hetero) is 1. The van der Waals surface area contributed by atoms with Gasteiger partial charge in [-0.15, -0.1) is 0 Å². The molecule has 2 saturated heterocycles. The SMILES string of the molecule is CCCO/N=C1\[C@H](C)C[C@](C)(OC/C=C/c2cnc3ccccc3c2)[C@H](O[C@@H]2O[C@H](C)C[C@H](N(C)C)[C@H]2O)[C@@H](C)C(=O)[C@@H](C)C(=O)O[C@H](CC)[C@@](C)(O)[C@H](O)[C@H]1C. The first-order chi connectivity index (χ1) is 26.9. The van der Waals surface area contributed by atoms with Gasteiger partial charge >= 0.3 is 5.97 Å². The zero-order valence-electron chi connectivity index (χ0n) is 35.8. The van der Waals surface area contributed by atoms with Crippen LogP contribution in [0.15, 0.2) is 47.8 Å². The molecule has 2 aliphatic heterocycles. The molecule has 1 aromatic carbocycles. The van der Waals surface area contributed by atoms with Crippen LogP contribution in [-0.4, -0.2) is 124 Å². The molecular formula is C44H67N3O10. The number of ether oxygens (including phenoxy) is 4. The van der Waals surface area contributed by atoms with Crippen LogP contribution in [0.1, 0.15) is 93.6 Å². The zero-order valence-corrected chi connectivity index (χ0v) is 35.8. The molecular weight excluding hydrogens is 730 g/mol. The van der Waals surface area contributed by atoms with Crippen molar-refractivity contribution >= 4 is 34.4 Å². The number of pyridine rings is 1. The maximum Gasteiger partial charge on any atom is 0.316 e. The van der Waals surface area contributed by atoms with Gasteiger partial charge in [-0.05, 0) is 85.2 Å². The summed E-state index contributed by atoms with van der Waals surface area (Å²) >= 11 is 0. The third-order valence-corrected chi connectivity index (χ3v) is 11.8. The summed E-state index contributed by atoms with van der Waals surface area (Å²) in [6, 6.07) is 9.59. The van der Waals surface area contributed by atoms with Crippen molar-refractivity contribution in [3.63, 3.8) is 0 Å². The molecule has 2 fully saturated rings. The van der Waals surface area contributed by atoms with E-state index in [4.69, 9.17) is 23.8 Å². The summed E-state index contributed by atoms with van der Waals surface area (Å²) in [4.78, 5) is 40.4. The second kappa shape index (κ2) is 20.1. The Morgan fingerprint density at radius 3 is 2.42 bits per heavy atom. The number of esters is 1. The number of carbonyl (C=O) groups is 2. The molecule has 13 heteroatoms. The lowest BCUT2D eigenvalue weighted by molar-refractivity contribution is -0.296. The third-order valence-electron chi connectivity index (χ3n) is 11.8. The van der Waals surface area contributed by atoms with E-state index in [2.05, 4.69) is 10.1 Å². The number of para-hydroxylation sites is 1. The first kappa shape index (κ1) is 46.4. The fraction of sp³-hybridized carbons (Fsp3) is 0.682. The highest BCUT2D eigenvalue weighted by molar-refractivity contribution is 6.00. The van der Waals surface area contributed by atoms with Crippen LogP contribution in [0.4, 0.5) is 0 Å². The molecule has 0 unspecified atom stereocenters. The van der Waals surface area contributed by atoms with Gasteiger partial charge < -0.3 is 44.0 Å². The van der Waals surface area contributed by atoms with Gasteiger partial charge in [0.1, 0.15) is 30.3 Å². The van der Waals surface area contributed by atoms with Crippen LogP contribution in [0, 0.1) is 23.7 Å². The molecule has 13 atom stereocenters. The Balaban J connectivity index is 1.85. The van der Waals surface area contributed by atoms with Gasteiger partial charge in [0.05, 0.1) is 41.7 Å². The number of rotatable bonds is 11. The lowest BCUT2D eigenvalue weighted by Gasteiger charge is -2.47. The van der Waals surface area contributed by atoms with Gasteiger partial charge in [0.25, 0.3) is 0 Å². The van der Waals surface area contributed by atoms with E-state index >= 15 is 0 Å². The minimum Gasteiger partial charge on any atom is -0.459 e. The number of hydrogen-bond acceptors (Lipinski definition) is 13. The molecule has 3 heterocycles. The number of likely N-dealkylation sites (N-methyl/N-ethyl adjacent to an activating group) is 1. The molecule has 0 radical (unpaired) electrons. The van der Waals surface area contributed by atoms with Crippen molar-refractivity contribution < 1.29 is 48.7 Å². The van der Waals surface area contributed by atoms with Crippen LogP contribution in [-0.2, 0) is 33.4 Å².